The molecule has 0 spiro atoms. The second-order valence-corrected chi connectivity index (χ2v) is 10.7. The number of pyridine rings is 1. The van der Waals surface area contributed by atoms with E-state index in [2.05, 4.69) is 15.8 Å². The number of thiophene rings is 1. The first-order valence-corrected chi connectivity index (χ1v) is 11.6. The van der Waals surface area contributed by atoms with Gasteiger partial charge in [0.2, 0.25) is 5.96 Å². The number of hydrogen-bond acceptors (Lipinski definition) is 5. The molecule has 0 radical (unpaired) electrons. The first kappa shape index (κ1) is 19.6. The summed E-state index contributed by atoms with van der Waals surface area (Å²) in [6.45, 7) is 1.75. The molecule has 3 aromatic rings. The van der Waals surface area contributed by atoms with Crippen molar-refractivity contribution >= 4 is 32.9 Å². The van der Waals surface area contributed by atoms with E-state index in [4.69, 9.17) is 5.73 Å². The van der Waals surface area contributed by atoms with E-state index >= 15 is 0 Å². The predicted molar refractivity (Wildman–Crippen MR) is 120 cm³/mol. The molecular weight excluding hydrogens is 407 g/mol. The largest absolute Gasteiger partial charge is 0.369 e. The summed E-state index contributed by atoms with van der Waals surface area (Å²) in [6.07, 6.45) is 1.71. The minimum Gasteiger partial charge on any atom is -0.369 e. The van der Waals surface area contributed by atoms with Gasteiger partial charge in [-0.1, -0.05) is 30.3 Å². The summed E-state index contributed by atoms with van der Waals surface area (Å²) in [6, 6.07) is 15.1. The fourth-order valence-corrected chi connectivity index (χ4v) is 6.28. The maximum atomic E-state index is 15.0. The van der Waals surface area contributed by atoms with Crippen molar-refractivity contribution in [2.75, 3.05) is 12.8 Å². The molecule has 1 aromatic carbocycles. The molecule has 3 heterocycles. The van der Waals surface area contributed by atoms with Crippen LogP contribution in [0.5, 0.6) is 0 Å². The number of guanidine groups is 1. The highest BCUT2D eigenvalue weighted by Crippen LogP contribution is 2.41. The van der Waals surface area contributed by atoms with Crippen LogP contribution in [0.2, 0.25) is 0 Å². The van der Waals surface area contributed by atoms with Gasteiger partial charge in [-0.2, -0.15) is 0 Å². The average Bonchev–Trinajstić information content (AvgIpc) is 3.09. The van der Waals surface area contributed by atoms with E-state index in [1.807, 2.05) is 42.5 Å². The Labute approximate surface area is 173 Å². The molecule has 0 saturated heterocycles. The average molecular weight is 429 g/mol. The van der Waals surface area contributed by atoms with Crippen molar-refractivity contribution in [1.82, 2.24) is 9.29 Å². The molecule has 0 amide bonds. The zero-order chi connectivity index (χ0) is 20.8. The summed E-state index contributed by atoms with van der Waals surface area (Å²) in [7, 11) is -1.08. The summed E-state index contributed by atoms with van der Waals surface area (Å²) in [5.74, 6) is 3.60. The van der Waals surface area contributed by atoms with Crippen LogP contribution < -0.4 is 5.73 Å². The van der Waals surface area contributed by atoms with Crippen LogP contribution in [0.3, 0.4) is 0 Å². The second kappa shape index (κ2) is 6.96. The van der Waals surface area contributed by atoms with E-state index in [1.165, 1.54) is 21.7 Å². The molecule has 0 fully saturated rings. The van der Waals surface area contributed by atoms with E-state index in [0.717, 1.165) is 21.7 Å². The first-order valence-electron chi connectivity index (χ1n) is 8.95. The molecule has 2 atom stereocenters. The van der Waals surface area contributed by atoms with Crippen LogP contribution in [0.1, 0.15) is 11.8 Å². The maximum Gasteiger partial charge on any atom is 0.203 e. The van der Waals surface area contributed by atoms with Crippen LogP contribution in [0.25, 0.3) is 21.7 Å². The van der Waals surface area contributed by atoms with Crippen LogP contribution >= 0.6 is 11.3 Å². The molecule has 5 nitrogen and oxygen atoms in total. The lowest BCUT2D eigenvalue weighted by Gasteiger charge is -2.36. The fraction of sp³-hybridized carbons (Fsp3) is 0.190. The Hall–Kier alpha value is -2.71. The third-order valence-electron chi connectivity index (χ3n) is 4.98. The Bertz CT molecular complexity index is 1200. The van der Waals surface area contributed by atoms with Crippen LogP contribution in [0.4, 0.5) is 4.39 Å². The molecule has 0 bridgehead atoms. The quantitative estimate of drug-likeness (QED) is 0.646. The van der Waals surface area contributed by atoms with E-state index < -0.39 is 15.2 Å². The SMILES string of the molecule is C=S1(=O)C[C@@](C)(c2sc(-c3ccnc(-c4ccccc4)c3)cc2F)N=C(N)N1C. The molecule has 1 unspecified atom stereocenters. The molecule has 150 valence electrons. The maximum absolute atomic E-state index is 15.0. The number of rotatable bonds is 3. The van der Waals surface area contributed by atoms with Gasteiger partial charge in [-0.15, -0.1) is 11.3 Å². The lowest BCUT2D eigenvalue weighted by molar-refractivity contribution is 0.493. The number of aliphatic imine (C=N–C) groups is 1. The van der Waals surface area contributed by atoms with Crippen molar-refractivity contribution in [1.29, 1.82) is 0 Å². The van der Waals surface area contributed by atoms with E-state index in [-0.39, 0.29) is 17.5 Å². The highest BCUT2D eigenvalue weighted by Gasteiger charge is 2.40. The predicted octanol–water partition coefficient (Wildman–Crippen LogP) is 3.72. The van der Waals surface area contributed by atoms with Gasteiger partial charge in [-0.3, -0.25) is 9.29 Å². The van der Waals surface area contributed by atoms with Crippen LogP contribution in [0.15, 0.2) is 59.7 Å². The molecule has 0 saturated carbocycles. The third kappa shape index (κ3) is 3.54. The van der Waals surface area contributed by atoms with Crippen molar-refractivity contribution in [2.24, 2.45) is 10.7 Å². The highest BCUT2D eigenvalue weighted by atomic mass is 32.2. The summed E-state index contributed by atoms with van der Waals surface area (Å²) >= 11 is 1.29. The Kier molecular flexibility index (Phi) is 4.71. The Balaban J connectivity index is 1.77. The molecule has 4 rings (SSSR count). The minimum absolute atomic E-state index is 0.0969. The van der Waals surface area contributed by atoms with Crippen molar-refractivity contribution in [3.8, 4) is 21.7 Å². The first-order chi connectivity index (χ1) is 13.7. The van der Waals surface area contributed by atoms with Gasteiger partial charge in [-0.25, -0.2) is 13.6 Å². The van der Waals surface area contributed by atoms with Gasteiger partial charge >= 0.3 is 0 Å². The monoisotopic (exact) mass is 428 g/mol. The van der Waals surface area contributed by atoms with Gasteiger partial charge in [0, 0.05) is 23.7 Å². The van der Waals surface area contributed by atoms with Crippen molar-refractivity contribution < 1.29 is 8.60 Å². The smallest absolute Gasteiger partial charge is 0.203 e. The van der Waals surface area contributed by atoms with Crippen molar-refractivity contribution in [3.63, 3.8) is 0 Å². The fourth-order valence-electron chi connectivity index (χ4n) is 3.41. The Morgan fingerprint density at radius 1 is 1.24 bits per heavy atom. The third-order valence-corrected chi connectivity index (χ3v) is 8.59. The molecule has 8 heteroatoms. The molecular formula is C21H21FN4OS2. The van der Waals surface area contributed by atoms with Crippen molar-refractivity contribution in [3.05, 3.63) is 65.4 Å². The molecule has 0 aliphatic carbocycles. The highest BCUT2D eigenvalue weighted by molar-refractivity contribution is 7.98. The number of hydrogen-bond donors (Lipinski definition) is 1. The van der Waals surface area contributed by atoms with Crippen LogP contribution in [-0.4, -0.2) is 38.1 Å². The summed E-state index contributed by atoms with van der Waals surface area (Å²) in [4.78, 5) is 10.0. The van der Waals surface area contributed by atoms with Gasteiger partial charge in [0.05, 0.1) is 26.0 Å². The minimum atomic E-state index is -2.67. The van der Waals surface area contributed by atoms with E-state index in [9.17, 15) is 8.60 Å². The van der Waals surface area contributed by atoms with Crippen LogP contribution in [-0.2, 0) is 15.2 Å². The van der Waals surface area contributed by atoms with Gasteiger partial charge < -0.3 is 5.73 Å². The van der Waals surface area contributed by atoms with Crippen LogP contribution in [0, 0.1) is 5.82 Å². The summed E-state index contributed by atoms with van der Waals surface area (Å²) in [5, 5.41) is 0. The topological polar surface area (TPSA) is 71.6 Å². The van der Waals surface area contributed by atoms with Gasteiger partial charge in [-0.05, 0) is 36.6 Å². The number of nitrogens with zero attached hydrogens (tertiary/aromatic N) is 3. The zero-order valence-corrected chi connectivity index (χ0v) is 17.8. The number of benzene rings is 1. The van der Waals surface area contributed by atoms with Crippen molar-refractivity contribution in [2.45, 2.75) is 12.5 Å². The number of aromatic nitrogens is 1. The molecule has 2 aromatic heterocycles. The van der Waals surface area contributed by atoms with Gasteiger partial charge in [0.1, 0.15) is 11.4 Å². The summed E-state index contributed by atoms with van der Waals surface area (Å²) in [5.41, 5.74) is 7.58. The zero-order valence-electron chi connectivity index (χ0n) is 16.1. The Morgan fingerprint density at radius 2 is 1.97 bits per heavy atom. The van der Waals surface area contributed by atoms with E-state index in [1.54, 1.807) is 20.2 Å². The molecule has 1 aliphatic heterocycles. The molecule has 2 N–H and O–H groups in total. The number of halogens is 1. The summed E-state index contributed by atoms with van der Waals surface area (Å²) < 4.78 is 29.2. The normalized spacial score (nSPS) is 24.4. The lowest BCUT2D eigenvalue weighted by Crippen LogP contribution is -2.50. The van der Waals surface area contributed by atoms with Gasteiger partial charge in [0.15, 0.2) is 0 Å². The standard InChI is InChI=1S/C21H21FN4OS2/c1-21(13-29(3,27)26(2)20(23)25-21)19-16(22)12-18(28-19)15-9-10-24-17(11-15)14-7-5-4-6-8-14/h4-12H,3,13H2,1-2H3,(H2,23,25)/t21-,29?/m0/s1. The molecule has 29 heavy (non-hydrogen) atoms. The number of nitrogens with two attached hydrogens (primary N) is 1. The second-order valence-electron chi connectivity index (χ2n) is 7.24. The van der Waals surface area contributed by atoms with E-state index in [0.29, 0.717) is 4.88 Å². The lowest BCUT2D eigenvalue weighted by atomic mass is 10.0. The van der Waals surface area contributed by atoms with Gasteiger partial charge in [0.25, 0.3) is 0 Å². The Morgan fingerprint density at radius 3 is 2.66 bits per heavy atom. The molecule has 1 aliphatic rings.